The second-order valence-electron chi connectivity index (χ2n) is 6.49. The average molecular weight is 382 g/mol. The van der Waals surface area contributed by atoms with Gasteiger partial charge in [-0.3, -0.25) is 0 Å². The maximum Gasteiger partial charge on any atom is 0.225 e. The Hall–Kier alpha value is -3.86. The van der Waals surface area contributed by atoms with Crippen molar-refractivity contribution >= 4 is 17.5 Å². The van der Waals surface area contributed by atoms with E-state index >= 15 is 0 Å². The van der Waals surface area contributed by atoms with E-state index < -0.39 is 0 Å². The molecule has 0 aliphatic rings. The van der Waals surface area contributed by atoms with Crippen molar-refractivity contribution in [2.75, 3.05) is 17.7 Å². The first kappa shape index (κ1) is 18.5. The summed E-state index contributed by atoms with van der Waals surface area (Å²) in [5, 5.41) is 6.69. The normalized spacial score (nSPS) is 10.4. The van der Waals surface area contributed by atoms with Gasteiger partial charge in [-0.2, -0.15) is 4.98 Å². The number of anilines is 3. The van der Waals surface area contributed by atoms with E-state index in [0.29, 0.717) is 18.3 Å². The van der Waals surface area contributed by atoms with Gasteiger partial charge in [0, 0.05) is 18.2 Å². The van der Waals surface area contributed by atoms with E-state index in [4.69, 9.17) is 9.72 Å². The van der Waals surface area contributed by atoms with Crippen LogP contribution in [0, 0.1) is 0 Å². The molecule has 0 saturated carbocycles. The summed E-state index contributed by atoms with van der Waals surface area (Å²) in [7, 11) is 1.66. The molecule has 1 heterocycles. The van der Waals surface area contributed by atoms with Crippen LogP contribution in [0.2, 0.25) is 0 Å². The molecule has 1 aromatic heterocycles. The summed E-state index contributed by atoms with van der Waals surface area (Å²) in [6, 6.07) is 30.0. The smallest absolute Gasteiger partial charge is 0.225 e. The second-order valence-corrected chi connectivity index (χ2v) is 6.49. The van der Waals surface area contributed by atoms with Crippen molar-refractivity contribution in [1.82, 2.24) is 9.97 Å². The molecule has 0 aliphatic heterocycles. The third kappa shape index (κ3) is 4.71. The number of rotatable bonds is 7. The largest absolute Gasteiger partial charge is 0.495 e. The SMILES string of the molecule is COc1ccccc1Nc1cc(-c2ccccc2)nc(NCc2ccccc2)n1. The fraction of sp³-hybridized carbons (Fsp3) is 0.0833. The lowest BCUT2D eigenvalue weighted by Crippen LogP contribution is -2.06. The Morgan fingerprint density at radius 3 is 2.24 bits per heavy atom. The Morgan fingerprint density at radius 2 is 1.48 bits per heavy atom. The van der Waals surface area contributed by atoms with Crippen molar-refractivity contribution in [2.45, 2.75) is 6.54 Å². The van der Waals surface area contributed by atoms with Crippen LogP contribution in [0.1, 0.15) is 5.56 Å². The van der Waals surface area contributed by atoms with E-state index in [2.05, 4.69) is 27.8 Å². The summed E-state index contributed by atoms with van der Waals surface area (Å²) in [6.45, 7) is 0.646. The summed E-state index contributed by atoms with van der Waals surface area (Å²) in [5.41, 5.74) is 3.89. The molecule has 29 heavy (non-hydrogen) atoms. The minimum atomic E-state index is 0.563. The number of para-hydroxylation sites is 2. The molecule has 0 amide bonds. The highest BCUT2D eigenvalue weighted by Gasteiger charge is 2.09. The van der Waals surface area contributed by atoms with Crippen molar-refractivity contribution in [3.63, 3.8) is 0 Å². The summed E-state index contributed by atoms with van der Waals surface area (Å²) >= 11 is 0. The molecule has 0 bridgehead atoms. The van der Waals surface area contributed by atoms with Gasteiger partial charge in [0.05, 0.1) is 18.5 Å². The molecule has 4 rings (SSSR count). The Balaban J connectivity index is 1.66. The molecule has 0 aliphatic carbocycles. The third-order valence-electron chi connectivity index (χ3n) is 4.46. The number of aromatic nitrogens is 2. The molecular weight excluding hydrogens is 360 g/mol. The van der Waals surface area contributed by atoms with Gasteiger partial charge in [-0.25, -0.2) is 4.98 Å². The third-order valence-corrected chi connectivity index (χ3v) is 4.46. The molecule has 0 radical (unpaired) electrons. The van der Waals surface area contributed by atoms with E-state index in [1.165, 1.54) is 5.56 Å². The lowest BCUT2D eigenvalue weighted by atomic mass is 10.1. The molecule has 5 heteroatoms. The summed E-state index contributed by atoms with van der Waals surface area (Å²) in [6.07, 6.45) is 0. The Morgan fingerprint density at radius 1 is 0.793 bits per heavy atom. The molecular formula is C24H22N4O. The van der Waals surface area contributed by atoms with Crippen LogP contribution in [0.4, 0.5) is 17.5 Å². The van der Waals surface area contributed by atoms with Gasteiger partial charge in [0.1, 0.15) is 11.6 Å². The molecule has 3 aromatic carbocycles. The summed E-state index contributed by atoms with van der Waals surface area (Å²) in [4.78, 5) is 9.37. The molecule has 0 spiro atoms. The predicted molar refractivity (Wildman–Crippen MR) is 118 cm³/mol. The van der Waals surface area contributed by atoms with E-state index in [1.807, 2.05) is 78.9 Å². The van der Waals surface area contributed by atoms with Gasteiger partial charge in [-0.1, -0.05) is 72.8 Å². The first-order valence-electron chi connectivity index (χ1n) is 9.44. The fourth-order valence-corrected chi connectivity index (χ4v) is 3.01. The molecule has 0 saturated heterocycles. The molecule has 0 unspecified atom stereocenters. The Bertz CT molecular complexity index is 1070. The number of nitrogens with zero attached hydrogens (tertiary/aromatic N) is 2. The maximum absolute atomic E-state index is 5.45. The highest BCUT2D eigenvalue weighted by atomic mass is 16.5. The van der Waals surface area contributed by atoms with E-state index in [9.17, 15) is 0 Å². The summed E-state index contributed by atoms with van der Waals surface area (Å²) < 4.78 is 5.45. The number of nitrogens with one attached hydrogen (secondary N) is 2. The number of hydrogen-bond donors (Lipinski definition) is 2. The quantitative estimate of drug-likeness (QED) is 0.441. The monoisotopic (exact) mass is 382 g/mol. The fourth-order valence-electron chi connectivity index (χ4n) is 3.01. The highest BCUT2D eigenvalue weighted by Crippen LogP contribution is 2.28. The van der Waals surface area contributed by atoms with Crippen molar-refractivity contribution in [3.05, 3.63) is 96.6 Å². The minimum Gasteiger partial charge on any atom is -0.495 e. The molecule has 0 fully saturated rings. The predicted octanol–water partition coefficient (Wildman–Crippen LogP) is 5.51. The van der Waals surface area contributed by atoms with E-state index in [1.54, 1.807) is 7.11 Å². The second kappa shape index (κ2) is 8.89. The zero-order valence-corrected chi connectivity index (χ0v) is 16.2. The van der Waals surface area contributed by atoms with Crippen LogP contribution in [0.15, 0.2) is 91.0 Å². The zero-order chi connectivity index (χ0) is 19.9. The minimum absolute atomic E-state index is 0.563. The molecule has 4 aromatic rings. The van der Waals surface area contributed by atoms with Crippen molar-refractivity contribution in [2.24, 2.45) is 0 Å². The number of methoxy groups -OCH3 is 1. The van der Waals surface area contributed by atoms with Gasteiger partial charge in [0.15, 0.2) is 0 Å². The molecule has 2 N–H and O–H groups in total. The zero-order valence-electron chi connectivity index (χ0n) is 16.2. The number of hydrogen-bond acceptors (Lipinski definition) is 5. The lowest BCUT2D eigenvalue weighted by Gasteiger charge is -2.13. The molecule has 0 atom stereocenters. The van der Waals surface area contributed by atoms with Crippen molar-refractivity contribution in [1.29, 1.82) is 0 Å². The first-order chi connectivity index (χ1) is 14.3. The first-order valence-corrected chi connectivity index (χ1v) is 9.44. The molecule has 144 valence electrons. The average Bonchev–Trinajstić information content (AvgIpc) is 2.79. The Labute approximate surface area is 170 Å². The van der Waals surface area contributed by atoms with Crippen LogP contribution in [0.3, 0.4) is 0 Å². The van der Waals surface area contributed by atoms with E-state index in [0.717, 1.165) is 22.7 Å². The number of ether oxygens (including phenoxy) is 1. The van der Waals surface area contributed by atoms with Crippen molar-refractivity contribution < 1.29 is 4.74 Å². The van der Waals surface area contributed by atoms with Crippen LogP contribution in [-0.4, -0.2) is 17.1 Å². The van der Waals surface area contributed by atoms with Gasteiger partial charge >= 0.3 is 0 Å². The van der Waals surface area contributed by atoms with Gasteiger partial charge in [0.2, 0.25) is 5.95 Å². The topological polar surface area (TPSA) is 59.1 Å². The van der Waals surface area contributed by atoms with Gasteiger partial charge in [0.25, 0.3) is 0 Å². The summed E-state index contributed by atoms with van der Waals surface area (Å²) in [5.74, 6) is 2.01. The lowest BCUT2D eigenvalue weighted by molar-refractivity contribution is 0.417. The Kier molecular flexibility index (Phi) is 5.67. The van der Waals surface area contributed by atoms with Crippen LogP contribution >= 0.6 is 0 Å². The van der Waals surface area contributed by atoms with Crippen molar-refractivity contribution in [3.8, 4) is 17.0 Å². The van der Waals surface area contributed by atoms with Crippen LogP contribution < -0.4 is 15.4 Å². The van der Waals surface area contributed by atoms with Gasteiger partial charge in [-0.15, -0.1) is 0 Å². The van der Waals surface area contributed by atoms with Crippen LogP contribution in [0.25, 0.3) is 11.3 Å². The molecule has 5 nitrogen and oxygen atoms in total. The van der Waals surface area contributed by atoms with E-state index in [-0.39, 0.29) is 0 Å². The number of benzene rings is 3. The van der Waals surface area contributed by atoms with Gasteiger partial charge < -0.3 is 15.4 Å². The van der Waals surface area contributed by atoms with Gasteiger partial charge in [-0.05, 0) is 17.7 Å². The van der Waals surface area contributed by atoms with Crippen LogP contribution in [0.5, 0.6) is 5.75 Å². The maximum atomic E-state index is 5.45. The standard InChI is InChI=1S/C24H22N4O/c1-29-22-15-9-8-14-20(22)26-23-16-21(19-12-6-3-7-13-19)27-24(28-23)25-17-18-10-4-2-5-11-18/h2-16H,17H2,1H3,(H2,25,26,27,28). The van der Waals surface area contributed by atoms with Crippen LogP contribution in [-0.2, 0) is 6.54 Å². The highest BCUT2D eigenvalue weighted by molar-refractivity contribution is 5.69.